The van der Waals surface area contributed by atoms with Crippen LogP contribution in [0.1, 0.15) is 58.9 Å². The van der Waals surface area contributed by atoms with Gasteiger partial charge in [0.1, 0.15) is 0 Å². The third-order valence-corrected chi connectivity index (χ3v) is 8.22. The van der Waals surface area contributed by atoms with Crippen molar-refractivity contribution in [2.45, 2.75) is 38.7 Å². The van der Waals surface area contributed by atoms with E-state index < -0.39 is 52.8 Å². The van der Waals surface area contributed by atoms with Crippen molar-refractivity contribution < 1.29 is 40.7 Å². The van der Waals surface area contributed by atoms with Crippen molar-refractivity contribution in [3.63, 3.8) is 0 Å². The lowest BCUT2D eigenvalue weighted by Gasteiger charge is -2.42. The highest BCUT2D eigenvalue weighted by Crippen LogP contribution is 2.37. The molecule has 2 aliphatic heterocycles. The molecule has 0 radical (unpaired) electrons. The molecule has 2 aliphatic rings. The molecule has 2 heterocycles. The second-order valence-corrected chi connectivity index (χ2v) is 11.2. The molecule has 3 amide bonds. The molecule has 1 unspecified atom stereocenters. The van der Waals surface area contributed by atoms with Gasteiger partial charge in [-0.25, -0.2) is 0 Å². The highest BCUT2D eigenvalue weighted by Gasteiger charge is 2.40. The number of imide groups is 1. The number of rotatable bonds is 6. The fraction of sp³-hybridized carbons (Fsp3) is 0.344. The van der Waals surface area contributed by atoms with E-state index in [0.717, 1.165) is 21.6 Å². The molecule has 3 aromatic rings. The van der Waals surface area contributed by atoms with E-state index in [0.29, 0.717) is 29.7 Å². The minimum Gasteiger partial charge on any atom is -0.333 e. The van der Waals surface area contributed by atoms with E-state index in [1.165, 1.54) is 4.90 Å². The lowest BCUT2D eigenvalue weighted by molar-refractivity contribution is -0.143. The van der Waals surface area contributed by atoms with Crippen molar-refractivity contribution in [1.29, 1.82) is 0 Å². The Bertz CT molecular complexity index is 1550. The number of hydrogen-bond donors (Lipinski definition) is 0. The summed E-state index contributed by atoms with van der Waals surface area (Å²) in [6.07, 6.45) is -9.88. The van der Waals surface area contributed by atoms with Crippen LogP contribution in [0.25, 0.3) is 0 Å². The van der Waals surface area contributed by atoms with Gasteiger partial charge >= 0.3 is 12.4 Å². The van der Waals surface area contributed by atoms with Crippen LogP contribution in [0, 0.1) is 13.8 Å². The highest BCUT2D eigenvalue weighted by atomic mass is 19.4. The third kappa shape index (κ3) is 6.35. The quantitative estimate of drug-likeness (QED) is 0.251. The smallest absolute Gasteiger partial charge is 0.333 e. The number of hydrogen-bond acceptors (Lipinski definition) is 4. The van der Waals surface area contributed by atoms with Crippen LogP contribution in [-0.4, -0.2) is 71.2 Å². The monoisotopic (exact) mass is 617 g/mol. The van der Waals surface area contributed by atoms with Gasteiger partial charge in [-0.05, 0) is 67.3 Å². The van der Waals surface area contributed by atoms with Gasteiger partial charge in [-0.2, -0.15) is 26.3 Å². The Hall–Kier alpha value is -4.19. The van der Waals surface area contributed by atoms with Gasteiger partial charge in [0.15, 0.2) is 0 Å². The first-order valence-electron chi connectivity index (χ1n) is 14.0. The number of amides is 3. The number of carbonyl (C=O) groups excluding carboxylic acids is 3. The molecule has 0 aliphatic carbocycles. The molecule has 1 atom stereocenters. The van der Waals surface area contributed by atoms with Crippen LogP contribution in [0.4, 0.5) is 26.3 Å². The Kier molecular flexibility index (Phi) is 8.32. The van der Waals surface area contributed by atoms with Gasteiger partial charge in [-0.3, -0.25) is 24.2 Å². The van der Waals surface area contributed by atoms with E-state index >= 15 is 0 Å². The van der Waals surface area contributed by atoms with Crippen molar-refractivity contribution in [3.8, 4) is 0 Å². The molecule has 0 N–H and O–H groups in total. The van der Waals surface area contributed by atoms with Crippen molar-refractivity contribution >= 4 is 17.7 Å². The van der Waals surface area contributed by atoms with Gasteiger partial charge in [0.05, 0.1) is 22.3 Å². The molecule has 3 aromatic carbocycles. The fourth-order valence-corrected chi connectivity index (χ4v) is 5.70. The van der Waals surface area contributed by atoms with Crippen molar-refractivity contribution in [3.05, 3.63) is 105 Å². The minimum absolute atomic E-state index is 0.000501. The lowest BCUT2D eigenvalue weighted by atomic mass is 9.97. The molecule has 1 saturated heterocycles. The summed E-state index contributed by atoms with van der Waals surface area (Å²) >= 11 is 0. The summed E-state index contributed by atoms with van der Waals surface area (Å²) in [5.74, 6) is -1.75. The number of benzene rings is 3. The molecule has 1 fully saturated rings. The molecule has 12 heteroatoms. The van der Waals surface area contributed by atoms with E-state index in [2.05, 4.69) is 0 Å². The molecule has 0 aromatic heterocycles. The van der Waals surface area contributed by atoms with Crippen LogP contribution in [0.2, 0.25) is 0 Å². The van der Waals surface area contributed by atoms with E-state index in [1.54, 1.807) is 24.3 Å². The second-order valence-electron chi connectivity index (χ2n) is 11.2. The van der Waals surface area contributed by atoms with E-state index in [9.17, 15) is 40.7 Å². The van der Waals surface area contributed by atoms with Crippen LogP contribution in [0.5, 0.6) is 0 Å². The second kappa shape index (κ2) is 11.7. The topological polar surface area (TPSA) is 60.9 Å². The normalized spacial score (nSPS) is 17.8. The Morgan fingerprint density at radius 2 is 1.36 bits per heavy atom. The van der Waals surface area contributed by atoms with E-state index in [4.69, 9.17) is 0 Å². The first kappa shape index (κ1) is 31.2. The molecule has 6 nitrogen and oxygen atoms in total. The largest absolute Gasteiger partial charge is 0.416 e. The number of alkyl halides is 6. The lowest BCUT2D eigenvalue weighted by Crippen LogP contribution is -2.57. The average molecular weight is 618 g/mol. The van der Waals surface area contributed by atoms with Gasteiger partial charge in [0, 0.05) is 44.3 Å². The van der Waals surface area contributed by atoms with Crippen LogP contribution >= 0.6 is 0 Å². The zero-order valence-electron chi connectivity index (χ0n) is 23.9. The molecule has 0 saturated carbocycles. The summed E-state index contributed by atoms with van der Waals surface area (Å²) in [5.41, 5.74) is -0.292. The standard InChI is InChI=1S/C32H29F6N3O3/c1-19-7-8-21(13-20(19)2)14-25-18-39(10-12-41-29(43)26-5-3-4-6-27(26)30(41)44)9-11-40(25)28(42)22-15-23(31(33,34)35)17-24(16-22)32(36,37)38/h3-8,13,15-17,25H,9-12,14,18H2,1-2H3. The average Bonchev–Trinajstić information content (AvgIpc) is 3.21. The summed E-state index contributed by atoms with van der Waals surface area (Å²) < 4.78 is 81.2. The molecular weight excluding hydrogens is 588 g/mol. The van der Waals surface area contributed by atoms with E-state index in [1.807, 2.05) is 36.9 Å². The molecule has 44 heavy (non-hydrogen) atoms. The maximum absolute atomic E-state index is 13.6. The summed E-state index contributed by atoms with van der Waals surface area (Å²) in [4.78, 5) is 43.7. The Balaban J connectivity index is 1.40. The van der Waals surface area contributed by atoms with Crippen LogP contribution in [-0.2, 0) is 18.8 Å². The fourth-order valence-electron chi connectivity index (χ4n) is 5.70. The third-order valence-electron chi connectivity index (χ3n) is 8.22. The van der Waals surface area contributed by atoms with Crippen molar-refractivity contribution in [1.82, 2.24) is 14.7 Å². The number of carbonyl (C=O) groups is 3. The predicted molar refractivity (Wildman–Crippen MR) is 149 cm³/mol. The summed E-state index contributed by atoms with van der Waals surface area (Å²) in [7, 11) is 0. The first-order chi connectivity index (χ1) is 20.6. The van der Waals surface area contributed by atoms with Gasteiger partial charge in [0.2, 0.25) is 0 Å². The Morgan fingerprint density at radius 1 is 0.773 bits per heavy atom. The molecule has 232 valence electrons. The summed E-state index contributed by atoms with van der Waals surface area (Å²) in [6.45, 7) is 4.70. The number of nitrogens with zero attached hydrogens (tertiary/aromatic N) is 3. The predicted octanol–water partition coefficient (Wildman–Crippen LogP) is 6.01. The Labute approximate surface area is 249 Å². The van der Waals surface area contributed by atoms with Gasteiger partial charge in [-0.1, -0.05) is 30.3 Å². The maximum Gasteiger partial charge on any atom is 0.416 e. The minimum atomic E-state index is -5.09. The van der Waals surface area contributed by atoms with Gasteiger partial charge < -0.3 is 4.90 Å². The van der Waals surface area contributed by atoms with Crippen molar-refractivity contribution in [2.24, 2.45) is 0 Å². The molecule has 5 rings (SSSR count). The highest BCUT2D eigenvalue weighted by molar-refractivity contribution is 6.21. The molecule has 0 spiro atoms. The number of piperazine rings is 1. The van der Waals surface area contributed by atoms with Crippen LogP contribution < -0.4 is 0 Å². The van der Waals surface area contributed by atoms with Crippen LogP contribution in [0.3, 0.4) is 0 Å². The molecule has 0 bridgehead atoms. The van der Waals surface area contributed by atoms with Crippen LogP contribution in [0.15, 0.2) is 60.7 Å². The number of halogens is 6. The van der Waals surface area contributed by atoms with Gasteiger partial charge in [0.25, 0.3) is 17.7 Å². The number of fused-ring (bicyclic) bond motifs is 1. The van der Waals surface area contributed by atoms with Gasteiger partial charge in [-0.15, -0.1) is 0 Å². The van der Waals surface area contributed by atoms with E-state index in [-0.39, 0.29) is 38.8 Å². The zero-order chi connectivity index (χ0) is 32.0. The summed E-state index contributed by atoms with van der Waals surface area (Å²) in [6, 6.07) is 12.5. The maximum atomic E-state index is 13.6. The first-order valence-corrected chi connectivity index (χ1v) is 14.0. The summed E-state index contributed by atoms with van der Waals surface area (Å²) in [5, 5.41) is 0. The van der Waals surface area contributed by atoms with Crippen molar-refractivity contribution in [2.75, 3.05) is 32.7 Å². The Morgan fingerprint density at radius 3 is 1.91 bits per heavy atom. The number of aryl methyl sites for hydroxylation is 2. The SMILES string of the molecule is Cc1ccc(CC2CN(CCN3C(=O)c4ccccc4C3=O)CCN2C(=O)c2cc(C(F)(F)F)cc(C(F)(F)F)c2)cc1C. The zero-order valence-corrected chi connectivity index (χ0v) is 23.9. The molecular formula is C32H29F6N3O3.